The van der Waals surface area contributed by atoms with Crippen LogP contribution in [0.1, 0.15) is 73.0 Å². The number of hydrogen-bond donors (Lipinski definition) is 0. The monoisotopic (exact) mass is 1350 g/mol. The van der Waals surface area contributed by atoms with Crippen molar-refractivity contribution in [1.29, 1.82) is 0 Å². The smallest absolute Gasteiger partial charge is 0.663 e. The van der Waals surface area contributed by atoms with E-state index in [0.29, 0.717) is 13.1 Å². The van der Waals surface area contributed by atoms with Gasteiger partial charge in [-0.15, -0.1) is 34.2 Å². The third-order valence-corrected chi connectivity index (χ3v) is 9.06. The fourth-order valence-electron chi connectivity index (χ4n) is 4.81. The van der Waals surface area contributed by atoms with Gasteiger partial charge in [0.2, 0.25) is 0 Å². The Morgan fingerprint density at radius 1 is 0.410 bits per heavy atom. The maximum atomic E-state index is 4.65. The molecule has 322 valence electrons. The van der Waals surface area contributed by atoms with Crippen LogP contribution in [0.3, 0.4) is 0 Å². The molecule has 0 saturated heterocycles. The summed E-state index contributed by atoms with van der Waals surface area (Å²) in [6.45, 7) is 13.8. The molecule has 0 spiro atoms. The molecule has 1 aromatic carbocycles. The minimum absolute atomic E-state index is 0. The van der Waals surface area contributed by atoms with E-state index in [2.05, 4.69) is 101 Å². The van der Waals surface area contributed by atoms with Crippen molar-refractivity contribution < 1.29 is 63.2 Å². The summed E-state index contributed by atoms with van der Waals surface area (Å²) in [5.41, 5.74) is 8.55. The first-order valence-electron chi connectivity index (χ1n) is 18.8. The Morgan fingerprint density at radius 2 is 0.672 bits per heavy atom. The molecule has 15 heteroatoms. The normalized spacial score (nSPS) is 11.8. The molecule has 0 bridgehead atoms. The van der Waals surface area contributed by atoms with Gasteiger partial charge in [0, 0.05) is 37.3 Å². The van der Waals surface area contributed by atoms with Gasteiger partial charge in [-0.1, -0.05) is 72.8 Å². The van der Waals surface area contributed by atoms with Gasteiger partial charge in [-0.3, -0.25) is 30.0 Å². The third-order valence-electron chi connectivity index (χ3n) is 9.06. The van der Waals surface area contributed by atoms with Crippen LogP contribution < -0.4 is 29.9 Å². The molecule has 7 rings (SSSR count). The molecule has 6 heterocycles. The molecule has 12 nitrogen and oxygen atoms in total. The van der Waals surface area contributed by atoms with E-state index in [1.807, 2.05) is 84.9 Å². The predicted octanol–water partition coefficient (Wildman–Crippen LogP) is 7.55. The summed E-state index contributed by atoms with van der Waals surface area (Å²) in [4.78, 5) is 51.7. The molecule has 0 aliphatic rings. The Balaban J connectivity index is 0.000000311. The van der Waals surface area contributed by atoms with E-state index in [9.17, 15) is 0 Å². The molecular formula is C46H48N12Pt3. The second-order valence-electron chi connectivity index (χ2n) is 14.0. The number of rotatable bonds is 14. The van der Waals surface area contributed by atoms with Crippen molar-refractivity contribution in [2.45, 2.75) is 52.6 Å². The summed E-state index contributed by atoms with van der Waals surface area (Å²) in [6, 6.07) is 27.0. The van der Waals surface area contributed by atoms with Crippen LogP contribution in [0.2, 0.25) is 0 Å². The van der Waals surface area contributed by atoms with Crippen LogP contribution >= 0.6 is 0 Å². The van der Waals surface area contributed by atoms with E-state index in [-0.39, 0.29) is 74.3 Å². The maximum absolute atomic E-state index is 4.65. The molecule has 0 aliphatic carbocycles. The van der Waals surface area contributed by atoms with Gasteiger partial charge in [-0.05, 0) is 64.8 Å². The Labute approximate surface area is 401 Å². The van der Waals surface area contributed by atoms with Crippen molar-refractivity contribution in [1.82, 2.24) is 29.9 Å². The van der Waals surface area contributed by atoms with Crippen molar-refractivity contribution in [3.05, 3.63) is 167 Å². The largest absolute Gasteiger partial charge is 2.00 e. The van der Waals surface area contributed by atoms with Crippen LogP contribution in [0.25, 0.3) is 0 Å². The number of aromatic nitrogens is 6. The quantitative estimate of drug-likeness (QED) is 0.0809. The van der Waals surface area contributed by atoms with Crippen molar-refractivity contribution in [2.24, 2.45) is 30.0 Å². The molecule has 0 atom stereocenters. The second-order valence-corrected chi connectivity index (χ2v) is 14.0. The molecule has 0 amide bonds. The van der Waals surface area contributed by atoms with Crippen molar-refractivity contribution in [2.75, 3.05) is 13.1 Å². The number of aryl methyl sites for hydroxylation is 2. The molecule has 0 unspecified atom stereocenters. The van der Waals surface area contributed by atoms with Gasteiger partial charge in [0.1, 0.15) is 0 Å². The minimum Gasteiger partial charge on any atom is -0.663 e. The van der Waals surface area contributed by atoms with Gasteiger partial charge in [-0.2, -0.15) is 37.2 Å². The molecule has 0 radical (unpaired) electrons. The van der Waals surface area contributed by atoms with Crippen molar-refractivity contribution in [3.63, 3.8) is 0 Å². The molecular weight excluding hydrogens is 1310 g/mol. The van der Waals surface area contributed by atoms with Crippen LogP contribution in [0.4, 0.5) is 11.4 Å². The Bertz CT molecular complexity index is 2180. The molecule has 6 aromatic heterocycles. The number of aliphatic imine (C=N–C) groups is 6. The fraction of sp³-hybridized carbons (Fsp3) is 0.217. The average Bonchev–Trinajstić information content (AvgIpc) is 4.06. The standard InChI is InChI=1S/C18H16N4.C16H20N4.C12H12N4.3Pt/c1-13-9-17(21-11-15-5-3-7-19-15)18(10-14(13)2)22-12-16-6-4-8-20-16;1-15(2,19-11-13-7-5-9-17-13)16(3,4)20-12-14-8-6-10-18-14;1-3-11(15-5-1)9-13-7-8-14-10-12-4-2-6-16-12;;;/h3-12H,1-2H3;5-12H,1-4H3;1-6,9-10H,7-8H2;;;/q3*-2;3*+2. The number of hydrogen-bond acceptors (Lipinski definition) is 6. The minimum atomic E-state index is -0.338. The van der Waals surface area contributed by atoms with Crippen LogP contribution in [0, 0.1) is 13.8 Å². The zero-order valence-electron chi connectivity index (χ0n) is 34.7. The topological polar surface area (TPSA) is 159 Å². The van der Waals surface area contributed by atoms with Gasteiger partial charge >= 0.3 is 63.2 Å². The SMILES string of the molecule is C(=NCCN=Cc1ccc[n-]1)c1ccc[n-]1.CC(C)(N=Cc1ccc[n-]1)C(C)(C)N=Cc1ccc[n-]1.Cc1cc(N=Cc2ccc[n-]2)c(N=Cc2ccc[n-]2)cc1C.[Pt+2].[Pt+2].[Pt+2]. The van der Waals surface area contributed by atoms with Gasteiger partial charge < -0.3 is 29.9 Å². The van der Waals surface area contributed by atoms with Crippen molar-refractivity contribution in [3.8, 4) is 0 Å². The molecule has 0 fully saturated rings. The van der Waals surface area contributed by atoms with Gasteiger partial charge in [0.05, 0.1) is 35.5 Å². The Kier molecular flexibility index (Phi) is 23.1. The van der Waals surface area contributed by atoms with Crippen LogP contribution in [0.15, 0.2) is 152 Å². The molecule has 7 aromatic rings. The third kappa shape index (κ3) is 17.9. The van der Waals surface area contributed by atoms with E-state index in [4.69, 9.17) is 0 Å². The van der Waals surface area contributed by atoms with E-state index in [0.717, 1.165) is 45.5 Å². The number of nitrogens with zero attached hydrogens (tertiary/aromatic N) is 12. The van der Waals surface area contributed by atoms with Crippen molar-refractivity contribution >= 4 is 48.7 Å². The van der Waals surface area contributed by atoms with E-state index < -0.39 is 0 Å². The summed E-state index contributed by atoms with van der Waals surface area (Å²) in [6.07, 6.45) is 21.2. The van der Waals surface area contributed by atoms with Gasteiger partial charge in [-0.25, -0.2) is 0 Å². The molecule has 0 N–H and O–H groups in total. The van der Waals surface area contributed by atoms with Crippen LogP contribution in [-0.2, 0) is 63.2 Å². The van der Waals surface area contributed by atoms with Gasteiger partial charge in [0.25, 0.3) is 0 Å². The molecule has 0 aliphatic heterocycles. The Hall–Kier alpha value is -5.02. The van der Waals surface area contributed by atoms with E-state index >= 15 is 0 Å². The zero-order chi connectivity index (χ0) is 41.1. The summed E-state index contributed by atoms with van der Waals surface area (Å²) in [7, 11) is 0. The molecule has 0 saturated carbocycles. The van der Waals surface area contributed by atoms with E-state index in [1.54, 1.807) is 74.5 Å². The Morgan fingerprint density at radius 3 is 0.934 bits per heavy atom. The second kappa shape index (κ2) is 27.0. The van der Waals surface area contributed by atoms with E-state index in [1.165, 1.54) is 11.1 Å². The summed E-state index contributed by atoms with van der Waals surface area (Å²) >= 11 is 0. The summed E-state index contributed by atoms with van der Waals surface area (Å²) < 4.78 is 0. The molecule has 61 heavy (non-hydrogen) atoms. The first-order chi connectivity index (χ1) is 28.1. The maximum Gasteiger partial charge on any atom is 2.00 e. The first-order valence-corrected chi connectivity index (χ1v) is 18.8. The average molecular weight is 1350 g/mol. The summed E-state index contributed by atoms with van der Waals surface area (Å²) in [5.74, 6) is 0. The first kappa shape index (κ1) is 52.1. The number of benzene rings is 1. The predicted molar refractivity (Wildman–Crippen MR) is 237 cm³/mol. The van der Waals surface area contributed by atoms with Crippen LogP contribution in [-0.4, -0.2) is 61.5 Å². The zero-order valence-corrected chi connectivity index (χ0v) is 41.6. The fourth-order valence-corrected chi connectivity index (χ4v) is 4.81. The van der Waals surface area contributed by atoms with Crippen LogP contribution in [0.5, 0.6) is 0 Å². The summed E-state index contributed by atoms with van der Waals surface area (Å²) in [5, 5.41) is 0. The van der Waals surface area contributed by atoms with Gasteiger partial charge in [0.15, 0.2) is 0 Å².